The summed E-state index contributed by atoms with van der Waals surface area (Å²) < 4.78 is 0. The van der Waals surface area contributed by atoms with E-state index in [4.69, 9.17) is 0 Å². The Morgan fingerprint density at radius 2 is 1.73 bits per heavy atom. The Bertz CT molecular complexity index is 311. The molecule has 1 heterocycles. The highest BCUT2D eigenvalue weighted by Gasteiger charge is 2.12. The third-order valence-electron chi connectivity index (χ3n) is 2.29. The first-order chi connectivity index (χ1) is 7.38. The molecule has 0 aromatic heterocycles. The van der Waals surface area contributed by atoms with Crippen LogP contribution in [0.15, 0.2) is 24.3 Å². The Morgan fingerprint density at radius 1 is 1.07 bits per heavy atom. The lowest BCUT2D eigenvalue weighted by molar-refractivity contribution is 0.475. The Morgan fingerprint density at radius 3 is 2.40 bits per heavy atom. The van der Waals surface area contributed by atoms with Crippen molar-refractivity contribution in [3.63, 3.8) is 0 Å². The molecular formula is C11H15NOS2. The van der Waals surface area contributed by atoms with E-state index in [-0.39, 0.29) is 0 Å². The number of nitrogens with zero attached hydrogens (tertiary/aromatic N) is 1. The van der Waals surface area contributed by atoms with Gasteiger partial charge in [0.25, 0.3) is 0 Å². The Kier molecular flexibility index (Phi) is 4.09. The molecule has 0 saturated carbocycles. The molecule has 1 aliphatic heterocycles. The molecule has 15 heavy (non-hydrogen) atoms. The minimum atomic E-state index is 0.388. The Balaban J connectivity index is 2.10. The molecule has 1 aliphatic rings. The molecule has 0 radical (unpaired) electrons. The summed E-state index contributed by atoms with van der Waals surface area (Å²) in [6.45, 7) is 0. The lowest BCUT2D eigenvalue weighted by Gasteiger charge is -2.26. The molecule has 0 unspecified atom stereocenters. The van der Waals surface area contributed by atoms with Gasteiger partial charge in [-0.05, 0) is 30.1 Å². The van der Waals surface area contributed by atoms with Crippen LogP contribution in [0, 0.1) is 0 Å². The molecule has 1 aromatic rings. The van der Waals surface area contributed by atoms with E-state index in [0.717, 1.165) is 17.4 Å². The maximum absolute atomic E-state index is 9.76. The van der Waals surface area contributed by atoms with Crippen LogP contribution in [0.4, 0.5) is 5.69 Å². The average molecular weight is 241 g/mol. The van der Waals surface area contributed by atoms with Crippen molar-refractivity contribution in [2.45, 2.75) is 6.42 Å². The lowest BCUT2D eigenvalue weighted by Crippen LogP contribution is -2.24. The monoisotopic (exact) mass is 241 g/mol. The third-order valence-corrected chi connectivity index (χ3v) is 4.44. The molecule has 0 spiro atoms. The first-order valence-electron chi connectivity index (χ1n) is 5.06. The molecule has 1 aromatic carbocycles. The zero-order chi connectivity index (χ0) is 10.5. The molecule has 2 rings (SSSR count). The van der Waals surface area contributed by atoms with Crippen LogP contribution in [-0.4, -0.2) is 28.4 Å². The number of anilines is 1. The van der Waals surface area contributed by atoms with Crippen molar-refractivity contribution in [3.05, 3.63) is 24.3 Å². The summed E-state index contributed by atoms with van der Waals surface area (Å²) in [5.41, 5.74) is 0.958. The predicted octanol–water partition coefficient (Wildman–Crippen LogP) is 2.98. The summed E-state index contributed by atoms with van der Waals surface area (Å²) in [4.78, 5) is 2.24. The predicted molar refractivity (Wildman–Crippen MR) is 69.9 cm³/mol. The topological polar surface area (TPSA) is 23.5 Å². The average Bonchev–Trinajstić information content (AvgIpc) is 2.19. The molecule has 1 fully saturated rings. The van der Waals surface area contributed by atoms with Gasteiger partial charge in [-0.3, -0.25) is 0 Å². The zero-order valence-corrected chi connectivity index (χ0v) is 10.2. The van der Waals surface area contributed by atoms with Crippen LogP contribution in [-0.2, 0) is 0 Å². The van der Waals surface area contributed by atoms with E-state index in [1.807, 2.05) is 41.7 Å². The van der Waals surface area contributed by atoms with Crippen LogP contribution in [0.25, 0.3) is 0 Å². The Hall–Kier alpha value is -0.480. The van der Waals surface area contributed by atoms with E-state index in [1.165, 1.54) is 17.9 Å². The van der Waals surface area contributed by atoms with Crippen molar-refractivity contribution >= 4 is 29.2 Å². The molecule has 1 N–H and O–H groups in total. The molecule has 0 bridgehead atoms. The largest absolute Gasteiger partial charge is 0.506 e. The highest BCUT2D eigenvalue weighted by molar-refractivity contribution is 8.00. The number of aromatic hydroxyl groups is 1. The fourth-order valence-electron chi connectivity index (χ4n) is 1.52. The molecule has 4 heteroatoms. The van der Waals surface area contributed by atoms with Crippen LogP contribution in [0.5, 0.6) is 5.75 Å². The van der Waals surface area contributed by atoms with E-state index in [9.17, 15) is 5.11 Å². The van der Waals surface area contributed by atoms with Gasteiger partial charge in [0.05, 0.1) is 17.4 Å². The molecule has 82 valence electrons. The maximum Gasteiger partial charge on any atom is 0.138 e. The van der Waals surface area contributed by atoms with Gasteiger partial charge in [-0.2, -0.15) is 0 Å². The number of rotatable bonds is 1. The molecule has 0 atom stereocenters. The van der Waals surface area contributed by atoms with Crippen molar-refractivity contribution in [2.24, 2.45) is 0 Å². The standard InChI is InChI=1S/C11H15NOS2/c13-11-5-2-1-4-10(11)12-8-14-6-3-7-15-9-12/h1-2,4-5,13H,3,6-9H2. The van der Waals surface area contributed by atoms with Crippen LogP contribution >= 0.6 is 23.5 Å². The summed E-state index contributed by atoms with van der Waals surface area (Å²) in [5.74, 6) is 4.78. The second-order valence-electron chi connectivity index (χ2n) is 3.46. The van der Waals surface area contributed by atoms with E-state index in [1.54, 1.807) is 6.07 Å². The van der Waals surface area contributed by atoms with Gasteiger partial charge in [0, 0.05) is 0 Å². The number of thioether (sulfide) groups is 2. The fourth-order valence-corrected chi connectivity index (χ4v) is 3.68. The number of phenols is 1. The van der Waals surface area contributed by atoms with E-state index < -0.39 is 0 Å². The van der Waals surface area contributed by atoms with Crippen molar-refractivity contribution in [1.29, 1.82) is 0 Å². The number of benzene rings is 1. The number of hydrogen-bond acceptors (Lipinski definition) is 4. The maximum atomic E-state index is 9.76. The van der Waals surface area contributed by atoms with E-state index in [2.05, 4.69) is 4.90 Å². The van der Waals surface area contributed by atoms with Crippen molar-refractivity contribution in [2.75, 3.05) is 28.2 Å². The van der Waals surface area contributed by atoms with Gasteiger partial charge in [0.15, 0.2) is 0 Å². The summed E-state index contributed by atoms with van der Waals surface area (Å²) >= 11 is 3.88. The van der Waals surface area contributed by atoms with Gasteiger partial charge >= 0.3 is 0 Å². The number of hydrogen-bond donors (Lipinski definition) is 1. The van der Waals surface area contributed by atoms with Crippen LogP contribution in [0.1, 0.15) is 6.42 Å². The Labute approximate surface area is 99.1 Å². The fraction of sp³-hybridized carbons (Fsp3) is 0.455. The third kappa shape index (κ3) is 2.98. The molecule has 0 aliphatic carbocycles. The SMILES string of the molecule is Oc1ccccc1N1CSCCCSC1. The summed E-state index contributed by atoms with van der Waals surface area (Å²) in [7, 11) is 0. The van der Waals surface area contributed by atoms with Crippen molar-refractivity contribution < 1.29 is 5.11 Å². The first kappa shape index (κ1) is 11.0. The highest BCUT2D eigenvalue weighted by Crippen LogP contribution is 2.30. The van der Waals surface area contributed by atoms with Crippen LogP contribution in [0.3, 0.4) is 0 Å². The van der Waals surface area contributed by atoms with E-state index in [0.29, 0.717) is 5.75 Å². The van der Waals surface area contributed by atoms with Gasteiger partial charge in [-0.25, -0.2) is 0 Å². The first-order valence-corrected chi connectivity index (χ1v) is 7.37. The molecular weight excluding hydrogens is 226 g/mol. The van der Waals surface area contributed by atoms with Gasteiger partial charge in [0.1, 0.15) is 5.75 Å². The molecule has 0 amide bonds. The van der Waals surface area contributed by atoms with Gasteiger partial charge in [-0.15, -0.1) is 23.5 Å². The van der Waals surface area contributed by atoms with Gasteiger partial charge < -0.3 is 10.0 Å². The highest BCUT2D eigenvalue weighted by atomic mass is 32.2. The van der Waals surface area contributed by atoms with E-state index >= 15 is 0 Å². The lowest BCUT2D eigenvalue weighted by atomic mass is 10.3. The van der Waals surface area contributed by atoms with Gasteiger partial charge in [-0.1, -0.05) is 12.1 Å². The summed E-state index contributed by atoms with van der Waals surface area (Å²) in [6.07, 6.45) is 1.30. The second-order valence-corrected chi connectivity index (χ2v) is 5.61. The molecule has 1 saturated heterocycles. The van der Waals surface area contributed by atoms with Crippen molar-refractivity contribution in [1.82, 2.24) is 0 Å². The van der Waals surface area contributed by atoms with Crippen molar-refractivity contribution in [3.8, 4) is 5.75 Å². The van der Waals surface area contributed by atoms with Crippen LogP contribution in [0.2, 0.25) is 0 Å². The minimum Gasteiger partial charge on any atom is -0.506 e. The quantitative estimate of drug-likeness (QED) is 0.816. The van der Waals surface area contributed by atoms with Crippen LogP contribution < -0.4 is 4.90 Å². The number of phenolic OH excluding ortho intramolecular Hbond substituents is 1. The zero-order valence-electron chi connectivity index (χ0n) is 8.56. The normalized spacial score (nSPS) is 18.3. The minimum absolute atomic E-state index is 0.388. The summed E-state index contributed by atoms with van der Waals surface area (Å²) in [5, 5.41) is 9.76. The van der Waals surface area contributed by atoms with Gasteiger partial charge in [0.2, 0.25) is 0 Å². The second kappa shape index (κ2) is 5.56. The smallest absolute Gasteiger partial charge is 0.138 e. The summed E-state index contributed by atoms with van der Waals surface area (Å²) in [6, 6.07) is 7.58. The molecule has 2 nitrogen and oxygen atoms in total. The number of para-hydroxylation sites is 2.